The van der Waals surface area contributed by atoms with Crippen LogP contribution in [0.4, 0.5) is 0 Å². The Morgan fingerprint density at radius 1 is 1.35 bits per heavy atom. The average Bonchev–Trinajstić information content (AvgIpc) is 3.13. The third-order valence-corrected chi connectivity index (χ3v) is 5.91. The van der Waals surface area contributed by atoms with Gasteiger partial charge >= 0.3 is 0 Å². The van der Waals surface area contributed by atoms with Gasteiger partial charge in [-0.25, -0.2) is 4.98 Å². The first-order chi connectivity index (χ1) is 12.4. The summed E-state index contributed by atoms with van der Waals surface area (Å²) in [7, 11) is 0. The van der Waals surface area contributed by atoms with Crippen LogP contribution in [0.1, 0.15) is 39.5 Å². The molecule has 0 spiro atoms. The Hall–Kier alpha value is -1.50. The molecule has 0 saturated carbocycles. The fourth-order valence-corrected chi connectivity index (χ4v) is 3.19. The zero-order valence-electron chi connectivity index (χ0n) is 15.4. The Kier molecular flexibility index (Phi) is 7.55. The normalized spacial score (nSPS) is 12.8. The number of oxazole rings is 1. The number of hydrogen-bond acceptors (Lipinski definition) is 5. The molecule has 0 aliphatic carbocycles. The van der Waals surface area contributed by atoms with Gasteiger partial charge in [0.25, 0.3) is 0 Å². The second kappa shape index (κ2) is 9.44. The van der Waals surface area contributed by atoms with Crippen LogP contribution in [0.25, 0.3) is 11.3 Å². The summed E-state index contributed by atoms with van der Waals surface area (Å²) in [6.45, 7) is 6.44. The van der Waals surface area contributed by atoms with Crippen LogP contribution in [0.3, 0.4) is 0 Å². The van der Waals surface area contributed by atoms with Gasteiger partial charge in [0.15, 0.2) is 5.76 Å². The van der Waals surface area contributed by atoms with Gasteiger partial charge in [0.05, 0.1) is 17.2 Å². The summed E-state index contributed by atoms with van der Waals surface area (Å²) in [6.07, 6.45) is 3.35. The maximum atomic E-state index is 12.3. The van der Waals surface area contributed by atoms with E-state index in [2.05, 4.69) is 10.3 Å². The van der Waals surface area contributed by atoms with Gasteiger partial charge < -0.3 is 15.5 Å². The number of hydrogen-bond donors (Lipinski definition) is 2. The number of rotatable bonds is 9. The van der Waals surface area contributed by atoms with Crippen LogP contribution >= 0.6 is 23.4 Å². The van der Waals surface area contributed by atoms with Crippen molar-refractivity contribution in [2.45, 2.75) is 50.2 Å². The molecule has 2 rings (SSSR count). The molecule has 1 aromatic heterocycles. The number of aromatic nitrogens is 1. The standard InChI is InChI=1S/C19H26ClN3O2S/c1-4-19(21,5-2)12-23-18(24)13(3)26-11-17-22-10-16(25-17)14-6-8-15(20)9-7-14/h6-10,13H,4-5,11-12,21H2,1-3H3,(H,23,24). The molecular formula is C19H26ClN3O2S. The average molecular weight is 396 g/mol. The fourth-order valence-electron chi connectivity index (χ4n) is 2.30. The number of carbonyl (C=O) groups is 1. The molecule has 0 radical (unpaired) electrons. The van der Waals surface area contributed by atoms with E-state index in [0.717, 1.165) is 18.4 Å². The lowest BCUT2D eigenvalue weighted by atomic mass is 9.94. The molecule has 3 N–H and O–H groups in total. The molecule has 1 unspecified atom stereocenters. The smallest absolute Gasteiger partial charge is 0.232 e. The molecule has 0 bridgehead atoms. The lowest BCUT2D eigenvalue weighted by molar-refractivity contribution is -0.120. The molecule has 5 nitrogen and oxygen atoms in total. The summed E-state index contributed by atoms with van der Waals surface area (Å²) >= 11 is 7.38. The van der Waals surface area contributed by atoms with Gasteiger partial charge in [-0.2, -0.15) is 0 Å². The molecule has 0 saturated heterocycles. The van der Waals surface area contributed by atoms with Crippen LogP contribution in [-0.2, 0) is 10.5 Å². The van der Waals surface area contributed by atoms with Crippen molar-refractivity contribution in [3.05, 3.63) is 41.4 Å². The Balaban J connectivity index is 1.84. The van der Waals surface area contributed by atoms with Crippen molar-refractivity contribution in [2.75, 3.05) is 6.54 Å². The van der Waals surface area contributed by atoms with Gasteiger partial charge in [-0.05, 0) is 44.0 Å². The van der Waals surface area contributed by atoms with E-state index < -0.39 is 0 Å². The number of amides is 1. The summed E-state index contributed by atoms with van der Waals surface area (Å²) in [5.41, 5.74) is 6.80. The quantitative estimate of drug-likeness (QED) is 0.663. The van der Waals surface area contributed by atoms with E-state index in [-0.39, 0.29) is 16.7 Å². The van der Waals surface area contributed by atoms with E-state index >= 15 is 0 Å². The molecule has 0 aliphatic heterocycles. The van der Waals surface area contributed by atoms with Crippen LogP contribution in [0, 0.1) is 0 Å². The second-order valence-electron chi connectivity index (χ2n) is 6.37. The van der Waals surface area contributed by atoms with Crippen LogP contribution in [0.5, 0.6) is 0 Å². The van der Waals surface area contributed by atoms with Gasteiger partial charge in [0.2, 0.25) is 11.8 Å². The minimum Gasteiger partial charge on any atom is -0.440 e. The maximum Gasteiger partial charge on any atom is 0.232 e. The Morgan fingerprint density at radius 3 is 2.62 bits per heavy atom. The minimum atomic E-state index is -0.337. The van der Waals surface area contributed by atoms with E-state index in [1.165, 1.54) is 11.8 Å². The molecule has 1 heterocycles. The summed E-state index contributed by atoms with van der Waals surface area (Å²) in [4.78, 5) is 16.5. The summed E-state index contributed by atoms with van der Waals surface area (Å²) in [5, 5.41) is 3.42. The highest BCUT2D eigenvalue weighted by Crippen LogP contribution is 2.25. The van der Waals surface area contributed by atoms with Crippen molar-refractivity contribution in [3.8, 4) is 11.3 Å². The van der Waals surface area contributed by atoms with E-state index in [1.54, 1.807) is 6.20 Å². The Labute approximate surface area is 164 Å². The van der Waals surface area contributed by atoms with Gasteiger partial charge in [-0.15, -0.1) is 11.8 Å². The van der Waals surface area contributed by atoms with Crippen LogP contribution in [0.15, 0.2) is 34.9 Å². The van der Waals surface area contributed by atoms with Gasteiger partial charge in [-0.1, -0.05) is 25.4 Å². The van der Waals surface area contributed by atoms with Crippen molar-refractivity contribution < 1.29 is 9.21 Å². The Morgan fingerprint density at radius 2 is 2.00 bits per heavy atom. The third kappa shape index (κ3) is 5.76. The molecule has 142 valence electrons. The van der Waals surface area contributed by atoms with Crippen LogP contribution in [-0.4, -0.2) is 28.2 Å². The first-order valence-electron chi connectivity index (χ1n) is 8.75. The zero-order chi connectivity index (χ0) is 19.2. The molecule has 0 aliphatic rings. The molecule has 1 amide bonds. The van der Waals surface area contributed by atoms with Gasteiger partial charge in [-0.3, -0.25) is 4.79 Å². The first-order valence-corrected chi connectivity index (χ1v) is 10.2. The molecule has 7 heteroatoms. The monoisotopic (exact) mass is 395 g/mol. The molecule has 26 heavy (non-hydrogen) atoms. The number of nitrogens with one attached hydrogen (secondary N) is 1. The van der Waals surface area contributed by atoms with Crippen molar-refractivity contribution in [1.29, 1.82) is 0 Å². The summed E-state index contributed by atoms with van der Waals surface area (Å²) in [5.74, 6) is 1.79. The number of carbonyl (C=O) groups excluding carboxylic acids is 1. The largest absolute Gasteiger partial charge is 0.440 e. The van der Waals surface area contributed by atoms with E-state index in [4.69, 9.17) is 21.8 Å². The lowest BCUT2D eigenvalue weighted by Gasteiger charge is -2.27. The van der Waals surface area contributed by atoms with E-state index in [9.17, 15) is 4.79 Å². The van der Waals surface area contributed by atoms with Crippen LogP contribution in [0.2, 0.25) is 5.02 Å². The predicted molar refractivity (Wildman–Crippen MR) is 108 cm³/mol. The lowest BCUT2D eigenvalue weighted by Crippen LogP contribution is -2.50. The predicted octanol–water partition coefficient (Wildman–Crippen LogP) is 4.25. The highest BCUT2D eigenvalue weighted by atomic mass is 35.5. The number of thioether (sulfide) groups is 1. The molecule has 1 atom stereocenters. The van der Waals surface area contributed by atoms with Crippen molar-refractivity contribution in [1.82, 2.24) is 10.3 Å². The maximum absolute atomic E-state index is 12.3. The molecule has 2 aromatic rings. The van der Waals surface area contributed by atoms with Gasteiger partial charge in [0.1, 0.15) is 0 Å². The SMILES string of the molecule is CCC(N)(CC)CNC(=O)C(C)SCc1ncc(-c2ccc(Cl)cc2)o1. The number of benzene rings is 1. The molecular weight excluding hydrogens is 370 g/mol. The zero-order valence-corrected chi connectivity index (χ0v) is 17.0. The summed E-state index contributed by atoms with van der Waals surface area (Å²) in [6, 6.07) is 7.39. The second-order valence-corrected chi connectivity index (χ2v) is 8.13. The van der Waals surface area contributed by atoms with E-state index in [1.807, 2.05) is 45.0 Å². The first kappa shape index (κ1) is 20.8. The highest BCUT2D eigenvalue weighted by Gasteiger charge is 2.23. The number of nitrogens with two attached hydrogens (primary N) is 1. The van der Waals surface area contributed by atoms with Crippen LogP contribution < -0.4 is 11.1 Å². The topological polar surface area (TPSA) is 81.1 Å². The fraction of sp³-hybridized carbons (Fsp3) is 0.474. The van der Waals surface area contributed by atoms with Crippen molar-refractivity contribution in [3.63, 3.8) is 0 Å². The van der Waals surface area contributed by atoms with E-state index in [0.29, 0.717) is 29.0 Å². The number of nitrogens with zero attached hydrogens (tertiary/aromatic N) is 1. The van der Waals surface area contributed by atoms with Crippen molar-refractivity contribution in [2.24, 2.45) is 5.73 Å². The molecule has 0 fully saturated rings. The highest BCUT2D eigenvalue weighted by molar-refractivity contribution is 7.99. The Bertz CT molecular complexity index is 714. The summed E-state index contributed by atoms with van der Waals surface area (Å²) < 4.78 is 5.76. The van der Waals surface area contributed by atoms with Gasteiger partial charge in [0, 0.05) is 22.7 Å². The van der Waals surface area contributed by atoms with Crippen molar-refractivity contribution >= 4 is 29.3 Å². The number of halogens is 1. The minimum absolute atomic E-state index is 0.0174. The molecule has 1 aromatic carbocycles. The third-order valence-electron chi connectivity index (χ3n) is 4.53.